The summed E-state index contributed by atoms with van der Waals surface area (Å²) in [5, 5.41) is 3.01. The average Bonchev–Trinajstić information content (AvgIpc) is 2.74. The molecule has 1 rings (SSSR count). The molecule has 5 nitrogen and oxygen atoms in total. The number of nitrogens with one attached hydrogen (secondary N) is 1. The molecule has 1 unspecified atom stereocenters. The molecule has 0 spiro atoms. The van der Waals surface area contributed by atoms with Crippen molar-refractivity contribution < 1.29 is 14.4 Å². The lowest BCUT2D eigenvalue weighted by atomic mass is 10.1. The highest BCUT2D eigenvalue weighted by Gasteiger charge is 2.30. The molecule has 1 saturated heterocycles. The second-order valence-corrected chi connectivity index (χ2v) is 5.00. The number of halogens is 1. The van der Waals surface area contributed by atoms with Crippen LogP contribution in [0.4, 0.5) is 0 Å². The van der Waals surface area contributed by atoms with Crippen molar-refractivity contribution >= 4 is 33.5 Å². The summed E-state index contributed by atoms with van der Waals surface area (Å²) in [5.41, 5.74) is 0. The van der Waals surface area contributed by atoms with Gasteiger partial charge in [-0.25, -0.2) is 0 Å². The van der Waals surface area contributed by atoms with Crippen LogP contribution in [0.1, 0.15) is 32.6 Å². The Bertz CT molecular complexity index is 333. The summed E-state index contributed by atoms with van der Waals surface area (Å²) < 4.78 is 0. The number of likely N-dealkylation sites (tertiary alicyclic amines) is 1. The van der Waals surface area contributed by atoms with Crippen molar-refractivity contribution in [2.75, 3.05) is 18.4 Å². The van der Waals surface area contributed by atoms with E-state index in [0.29, 0.717) is 32.4 Å². The Morgan fingerprint density at radius 2 is 2.22 bits per heavy atom. The minimum absolute atomic E-state index is 0.0251. The Morgan fingerprint density at radius 1 is 1.50 bits per heavy atom. The van der Waals surface area contributed by atoms with Crippen LogP contribution in [0.15, 0.2) is 0 Å². The molecule has 1 N–H and O–H groups in total. The molecular weight excluding hydrogens is 300 g/mol. The Hall–Kier alpha value is -0.910. The summed E-state index contributed by atoms with van der Waals surface area (Å²) in [6, 6.07) is -0.319. The Morgan fingerprint density at radius 3 is 2.72 bits per heavy atom. The van der Waals surface area contributed by atoms with Crippen molar-refractivity contribution in [3.63, 3.8) is 0 Å². The first-order chi connectivity index (χ1) is 8.56. The maximum atomic E-state index is 11.6. The van der Waals surface area contributed by atoms with Gasteiger partial charge in [0.25, 0.3) is 0 Å². The third-order valence-electron chi connectivity index (χ3n) is 3.05. The lowest BCUT2D eigenvalue weighted by Crippen LogP contribution is -2.41. The Labute approximate surface area is 115 Å². The summed E-state index contributed by atoms with van der Waals surface area (Å²) in [7, 11) is 0. The van der Waals surface area contributed by atoms with Gasteiger partial charge in [-0.05, 0) is 26.2 Å². The zero-order valence-corrected chi connectivity index (χ0v) is 12.2. The molecule has 0 saturated carbocycles. The van der Waals surface area contributed by atoms with Gasteiger partial charge in [-0.15, -0.1) is 0 Å². The zero-order valence-electron chi connectivity index (χ0n) is 10.6. The van der Waals surface area contributed by atoms with E-state index in [1.165, 1.54) is 6.92 Å². The van der Waals surface area contributed by atoms with Crippen LogP contribution in [0, 0.1) is 0 Å². The molecule has 0 bridgehead atoms. The van der Waals surface area contributed by atoms with Gasteiger partial charge in [0.1, 0.15) is 0 Å². The van der Waals surface area contributed by atoms with Gasteiger partial charge in [-0.3, -0.25) is 14.4 Å². The van der Waals surface area contributed by atoms with E-state index in [-0.39, 0.29) is 29.0 Å². The SMILES string of the molecule is CC(=O)C(CCCNC(=O)CBr)N1CCCC1=O. The quantitative estimate of drug-likeness (QED) is 0.559. The van der Waals surface area contributed by atoms with Gasteiger partial charge < -0.3 is 10.2 Å². The van der Waals surface area contributed by atoms with Crippen molar-refractivity contribution in [1.82, 2.24) is 10.2 Å². The van der Waals surface area contributed by atoms with Crippen LogP contribution >= 0.6 is 15.9 Å². The molecule has 0 radical (unpaired) electrons. The third-order valence-corrected chi connectivity index (χ3v) is 3.56. The van der Waals surface area contributed by atoms with Crippen LogP contribution in [0.2, 0.25) is 0 Å². The fourth-order valence-electron chi connectivity index (χ4n) is 2.15. The van der Waals surface area contributed by atoms with Gasteiger partial charge >= 0.3 is 0 Å². The lowest BCUT2D eigenvalue weighted by Gasteiger charge is -2.25. The van der Waals surface area contributed by atoms with Gasteiger partial charge in [0.2, 0.25) is 11.8 Å². The van der Waals surface area contributed by atoms with Crippen LogP contribution in [0.25, 0.3) is 0 Å². The predicted octanol–water partition coefficient (Wildman–Crippen LogP) is 0.858. The van der Waals surface area contributed by atoms with E-state index in [1.54, 1.807) is 4.90 Å². The van der Waals surface area contributed by atoms with Crippen LogP contribution in [-0.4, -0.2) is 47.0 Å². The van der Waals surface area contributed by atoms with Crippen LogP contribution in [0.3, 0.4) is 0 Å². The highest BCUT2D eigenvalue weighted by atomic mass is 79.9. The number of nitrogens with zero attached hydrogens (tertiary/aromatic N) is 1. The first-order valence-electron chi connectivity index (χ1n) is 6.19. The minimum Gasteiger partial charge on any atom is -0.355 e. The molecule has 6 heteroatoms. The van der Waals surface area contributed by atoms with Crippen molar-refractivity contribution in [2.45, 2.75) is 38.6 Å². The zero-order chi connectivity index (χ0) is 13.5. The summed E-state index contributed by atoms with van der Waals surface area (Å²) >= 11 is 3.06. The average molecular weight is 319 g/mol. The van der Waals surface area contributed by atoms with Crippen LogP contribution in [0.5, 0.6) is 0 Å². The molecule has 0 aromatic rings. The van der Waals surface area contributed by atoms with E-state index < -0.39 is 0 Å². The molecule has 0 aliphatic carbocycles. The Kier molecular flexibility index (Phi) is 6.32. The van der Waals surface area contributed by atoms with Gasteiger partial charge in [-0.1, -0.05) is 15.9 Å². The van der Waals surface area contributed by atoms with Crippen LogP contribution < -0.4 is 5.32 Å². The molecule has 1 fully saturated rings. The van der Waals surface area contributed by atoms with E-state index in [9.17, 15) is 14.4 Å². The first kappa shape index (κ1) is 15.1. The maximum Gasteiger partial charge on any atom is 0.230 e. The number of alkyl halides is 1. The smallest absolute Gasteiger partial charge is 0.230 e. The first-order valence-corrected chi connectivity index (χ1v) is 7.31. The monoisotopic (exact) mass is 318 g/mol. The lowest BCUT2D eigenvalue weighted by molar-refractivity contribution is -0.135. The van der Waals surface area contributed by atoms with E-state index in [1.807, 2.05) is 0 Å². The van der Waals surface area contributed by atoms with Crippen molar-refractivity contribution in [2.24, 2.45) is 0 Å². The van der Waals surface area contributed by atoms with Crippen LogP contribution in [-0.2, 0) is 14.4 Å². The largest absolute Gasteiger partial charge is 0.355 e. The molecule has 2 amide bonds. The molecule has 0 aromatic carbocycles. The third kappa shape index (κ3) is 4.40. The van der Waals surface area contributed by atoms with E-state index in [2.05, 4.69) is 21.2 Å². The minimum atomic E-state index is -0.319. The van der Waals surface area contributed by atoms with Gasteiger partial charge in [0.05, 0.1) is 11.4 Å². The normalized spacial score (nSPS) is 16.8. The summed E-state index contributed by atoms with van der Waals surface area (Å²) in [4.78, 5) is 35.9. The topological polar surface area (TPSA) is 66.5 Å². The molecular formula is C12H19BrN2O3. The number of Topliss-reactive ketones (excluding diaryl/α,β-unsaturated/α-hetero) is 1. The molecule has 102 valence electrons. The highest BCUT2D eigenvalue weighted by molar-refractivity contribution is 9.09. The fraction of sp³-hybridized carbons (Fsp3) is 0.750. The summed E-state index contributed by atoms with van der Waals surface area (Å²) in [6.45, 7) is 2.74. The second-order valence-electron chi connectivity index (χ2n) is 4.44. The number of ketones is 1. The van der Waals surface area contributed by atoms with Crippen molar-refractivity contribution in [1.29, 1.82) is 0 Å². The van der Waals surface area contributed by atoms with Gasteiger partial charge in [-0.2, -0.15) is 0 Å². The standard InChI is InChI=1S/C12H19BrN2O3/c1-9(16)10(15-7-3-5-12(15)18)4-2-6-14-11(17)8-13/h10H,2-8H2,1H3,(H,14,17). The molecule has 1 heterocycles. The number of amides is 2. The van der Waals surface area contributed by atoms with Gasteiger partial charge in [0, 0.05) is 19.5 Å². The molecule has 1 aliphatic rings. The number of carbonyl (C=O) groups is 3. The van der Waals surface area contributed by atoms with E-state index in [0.717, 1.165) is 6.42 Å². The second kappa shape index (κ2) is 7.51. The van der Waals surface area contributed by atoms with E-state index in [4.69, 9.17) is 0 Å². The predicted molar refractivity (Wildman–Crippen MR) is 71.5 cm³/mol. The number of hydrogen-bond donors (Lipinski definition) is 1. The fourth-order valence-corrected chi connectivity index (χ4v) is 2.35. The number of rotatable bonds is 7. The molecule has 1 atom stereocenters. The number of carbonyl (C=O) groups excluding carboxylic acids is 3. The molecule has 0 aromatic heterocycles. The number of hydrogen-bond acceptors (Lipinski definition) is 3. The van der Waals surface area contributed by atoms with Crippen molar-refractivity contribution in [3.05, 3.63) is 0 Å². The highest BCUT2D eigenvalue weighted by Crippen LogP contribution is 2.17. The van der Waals surface area contributed by atoms with Crippen molar-refractivity contribution in [3.8, 4) is 0 Å². The van der Waals surface area contributed by atoms with E-state index >= 15 is 0 Å². The Balaban J connectivity index is 2.37. The summed E-state index contributed by atoms with van der Waals surface area (Å²) in [6.07, 6.45) is 2.70. The van der Waals surface area contributed by atoms with Gasteiger partial charge in [0.15, 0.2) is 5.78 Å². The molecule has 1 aliphatic heterocycles. The molecule has 18 heavy (non-hydrogen) atoms. The summed E-state index contributed by atoms with van der Waals surface area (Å²) in [5.74, 6) is 0.0309. The maximum absolute atomic E-state index is 11.6.